The lowest BCUT2D eigenvalue weighted by atomic mass is 10.0. The van der Waals surface area contributed by atoms with E-state index in [1.54, 1.807) is 6.07 Å². The average Bonchev–Trinajstić information content (AvgIpc) is 2.33. The second kappa shape index (κ2) is 5.02. The minimum Gasteiger partial charge on any atom is -0.478 e. The van der Waals surface area contributed by atoms with Crippen LogP contribution in [0.5, 0.6) is 0 Å². The fourth-order valence-corrected chi connectivity index (χ4v) is 1.97. The van der Waals surface area contributed by atoms with E-state index in [0.717, 1.165) is 11.1 Å². The Morgan fingerprint density at radius 1 is 1.06 bits per heavy atom. The van der Waals surface area contributed by atoms with E-state index in [-0.39, 0.29) is 5.56 Å². The van der Waals surface area contributed by atoms with Gasteiger partial charge in [-0.25, -0.2) is 4.79 Å². The summed E-state index contributed by atoms with van der Waals surface area (Å²) in [5.74, 6) is -0.995. The van der Waals surface area contributed by atoms with E-state index in [0.29, 0.717) is 11.4 Å². The number of halogens is 1. The van der Waals surface area contributed by atoms with Gasteiger partial charge in [-0.2, -0.15) is 0 Å². The van der Waals surface area contributed by atoms with Crippen LogP contribution in [0, 0.1) is 0 Å². The van der Waals surface area contributed by atoms with Crippen LogP contribution in [0.15, 0.2) is 48.5 Å². The van der Waals surface area contributed by atoms with Gasteiger partial charge in [0.2, 0.25) is 0 Å². The molecule has 0 heterocycles. The van der Waals surface area contributed by atoms with Crippen molar-refractivity contribution in [3.63, 3.8) is 0 Å². The van der Waals surface area contributed by atoms with Crippen LogP contribution in [-0.2, 0) is 6.42 Å². The van der Waals surface area contributed by atoms with Crippen molar-refractivity contribution in [3.05, 3.63) is 70.2 Å². The van der Waals surface area contributed by atoms with Crippen LogP contribution in [0.25, 0.3) is 0 Å². The van der Waals surface area contributed by atoms with Gasteiger partial charge in [-0.05, 0) is 23.6 Å². The normalized spacial score (nSPS) is 10.2. The highest BCUT2D eigenvalue weighted by molar-refractivity contribution is 6.34. The highest BCUT2D eigenvalue weighted by atomic mass is 35.5. The Morgan fingerprint density at radius 2 is 1.76 bits per heavy atom. The first-order valence-corrected chi connectivity index (χ1v) is 5.61. The van der Waals surface area contributed by atoms with Crippen molar-refractivity contribution in [2.75, 3.05) is 0 Å². The lowest BCUT2D eigenvalue weighted by Crippen LogP contribution is -2.00. The molecule has 0 aliphatic heterocycles. The third-order valence-electron chi connectivity index (χ3n) is 2.55. The molecule has 0 aliphatic rings. The largest absolute Gasteiger partial charge is 0.478 e. The maximum atomic E-state index is 10.9. The molecule has 0 bridgehead atoms. The minimum atomic E-state index is -0.995. The number of hydrogen-bond acceptors (Lipinski definition) is 1. The molecule has 3 heteroatoms. The maximum absolute atomic E-state index is 10.9. The zero-order valence-corrected chi connectivity index (χ0v) is 9.82. The Bertz CT molecular complexity index is 535. The molecule has 1 N–H and O–H groups in total. The van der Waals surface area contributed by atoms with Crippen LogP contribution in [0.1, 0.15) is 21.5 Å². The number of aromatic carboxylic acids is 1. The molecule has 0 unspecified atom stereocenters. The van der Waals surface area contributed by atoms with Gasteiger partial charge in [0.05, 0.1) is 10.6 Å². The van der Waals surface area contributed by atoms with Crippen LogP contribution < -0.4 is 0 Å². The van der Waals surface area contributed by atoms with Gasteiger partial charge in [0.15, 0.2) is 0 Å². The summed E-state index contributed by atoms with van der Waals surface area (Å²) in [5, 5.41) is 9.29. The molecule has 0 aromatic heterocycles. The van der Waals surface area contributed by atoms with E-state index in [1.165, 1.54) is 6.07 Å². The third kappa shape index (κ3) is 2.66. The molecule has 86 valence electrons. The number of carboxylic acids is 1. The number of rotatable bonds is 3. The minimum absolute atomic E-state index is 0.153. The fraction of sp³-hybridized carbons (Fsp3) is 0.0714. The average molecular weight is 247 g/mol. The fourth-order valence-electron chi connectivity index (χ4n) is 1.70. The molecule has 2 nitrogen and oxygen atoms in total. The lowest BCUT2D eigenvalue weighted by molar-refractivity contribution is 0.0697. The summed E-state index contributed by atoms with van der Waals surface area (Å²) in [4.78, 5) is 10.9. The first kappa shape index (κ1) is 11.7. The van der Waals surface area contributed by atoms with E-state index in [9.17, 15) is 4.79 Å². The molecule has 0 spiro atoms. The summed E-state index contributed by atoms with van der Waals surface area (Å²) < 4.78 is 0. The monoisotopic (exact) mass is 246 g/mol. The van der Waals surface area contributed by atoms with E-state index >= 15 is 0 Å². The number of carboxylic acid groups (broad SMARTS) is 1. The van der Waals surface area contributed by atoms with Crippen molar-refractivity contribution in [1.29, 1.82) is 0 Å². The van der Waals surface area contributed by atoms with E-state index in [4.69, 9.17) is 16.7 Å². The number of benzene rings is 2. The van der Waals surface area contributed by atoms with Crippen molar-refractivity contribution in [3.8, 4) is 0 Å². The first-order valence-electron chi connectivity index (χ1n) is 5.23. The second-order valence-corrected chi connectivity index (χ2v) is 4.12. The Kier molecular flexibility index (Phi) is 3.45. The van der Waals surface area contributed by atoms with E-state index in [2.05, 4.69) is 0 Å². The van der Waals surface area contributed by atoms with Gasteiger partial charge in [0, 0.05) is 0 Å². The Hall–Kier alpha value is -1.80. The molecular weight excluding hydrogens is 236 g/mol. The molecule has 0 atom stereocenters. The molecule has 0 radical (unpaired) electrons. The van der Waals surface area contributed by atoms with Gasteiger partial charge in [0.25, 0.3) is 0 Å². The molecule has 0 amide bonds. The topological polar surface area (TPSA) is 37.3 Å². The van der Waals surface area contributed by atoms with Gasteiger partial charge < -0.3 is 5.11 Å². The van der Waals surface area contributed by atoms with Crippen LogP contribution in [0.4, 0.5) is 0 Å². The SMILES string of the molecule is O=C(O)c1cccc(Cc2ccccc2)c1Cl. The zero-order chi connectivity index (χ0) is 12.3. The Morgan fingerprint density at radius 3 is 2.41 bits per heavy atom. The molecule has 2 aromatic carbocycles. The quantitative estimate of drug-likeness (QED) is 0.898. The van der Waals surface area contributed by atoms with Gasteiger partial charge >= 0.3 is 5.97 Å². The molecule has 2 rings (SSSR count). The second-order valence-electron chi connectivity index (χ2n) is 3.75. The van der Waals surface area contributed by atoms with E-state index in [1.807, 2.05) is 36.4 Å². The molecule has 2 aromatic rings. The van der Waals surface area contributed by atoms with Gasteiger partial charge in [-0.1, -0.05) is 54.1 Å². The molecule has 17 heavy (non-hydrogen) atoms. The maximum Gasteiger partial charge on any atom is 0.337 e. The van der Waals surface area contributed by atoms with Crippen molar-refractivity contribution in [2.45, 2.75) is 6.42 Å². The summed E-state index contributed by atoms with van der Waals surface area (Å²) >= 11 is 6.07. The van der Waals surface area contributed by atoms with Crippen LogP contribution >= 0.6 is 11.6 Å². The van der Waals surface area contributed by atoms with Gasteiger partial charge in [0.1, 0.15) is 0 Å². The summed E-state index contributed by atoms with van der Waals surface area (Å²) in [6.45, 7) is 0. The summed E-state index contributed by atoms with van der Waals surface area (Å²) in [5.41, 5.74) is 2.09. The third-order valence-corrected chi connectivity index (χ3v) is 2.99. The van der Waals surface area contributed by atoms with E-state index < -0.39 is 5.97 Å². The summed E-state index contributed by atoms with van der Waals surface area (Å²) in [6.07, 6.45) is 0.640. The molecule has 0 saturated heterocycles. The Labute approximate surface area is 104 Å². The predicted molar refractivity (Wildman–Crippen MR) is 67.7 cm³/mol. The standard InChI is InChI=1S/C14H11ClO2/c15-13-11(7-4-8-12(13)14(16)17)9-10-5-2-1-3-6-10/h1-8H,9H2,(H,16,17). The number of hydrogen-bond donors (Lipinski definition) is 1. The Balaban J connectivity index is 2.34. The van der Waals surface area contributed by atoms with Crippen molar-refractivity contribution >= 4 is 17.6 Å². The van der Waals surface area contributed by atoms with Gasteiger partial charge in [-0.3, -0.25) is 0 Å². The summed E-state index contributed by atoms with van der Waals surface area (Å²) in [7, 11) is 0. The predicted octanol–water partition coefficient (Wildman–Crippen LogP) is 3.63. The zero-order valence-electron chi connectivity index (χ0n) is 9.06. The lowest BCUT2D eigenvalue weighted by Gasteiger charge is -2.06. The van der Waals surface area contributed by atoms with Crippen LogP contribution in [-0.4, -0.2) is 11.1 Å². The highest BCUT2D eigenvalue weighted by Gasteiger charge is 2.11. The molecule has 0 saturated carbocycles. The summed E-state index contributed by atoms with van der Waals surface area (Å²) in [6, 6.07) is 14.9. The van der Waals surface area contributed by atoms with Gasteiger partial charge in [-0.15, -0.1) is 0 Å². The first-order chi connectivity index (χ1) is 8.18. The molecular formula is C14H11ClO2. The van der Waals surface area contributed by atoms with Crippen molar-refractivity contribution in [1.82, 2.24) is 0 Å². The van der Waals surface area contributed by atoms with Crippen LogP contribution in [0.3, 0.4) is 0 Å². The molecule has 0 fully saturated rings. The van der Waals surface area contributed by atoms with Crippen molar-refractivity contribution in [2.24, 2.45) is 0 Å². The highest BCUT2D eigenvalue weighted by Crippen LogP contribution is 2.23. The number of carbonyl (C=O) groups is 1. The smallest absolute Gasteiger partial charge is 0.337 e. The van der Waals surface area contributed by atoms with Crippen molar-refractivity contribution < 1.29 is 9.90 Å². The van der Waals surface area contributed by atoms with Crippen LogP contribution in [0.2, 0.25) is 5.02 Å². The molecule has 0 aliphatic carbocycles.